The molecule has 136 valence electrons. The summed E-state index contributed by atoms with van der Waals surface area (Å²) in [5, 5.41) is 13.3. The van der Waals surface area contributed by atoms with E-state index in [2.05, 4.69) is 12.2 Å². The molecule has 2 N–H and O–H groups in total. The Bertz CT molecular complexity index is 508. The van der Waals surface area contributed by atoms with Gasteiger partial charge in [0.15, 0.2) is 0 Å². The van der Waals surface area contributed by atoms with Crippen molar-refractivity contribution in [2.45, 2.75) is 70.4 Å². The number of aliphatic hydroxyl groups excluding tert-OH is 1. The minimum Gasteiger partial charge on any atom is -0.467 e. The topological polar surface area (TPSA) is 75.6 Å². The lowest BCUT2D eigenvalue weighted by atomic mass is 9.67. The average Bonchev–Trinajstić information content (AvgIpc) is 3.19. The van der Waals surface area contributed by atoms with Crippen LogP contribution in [0.2, 0.25) is 0 Å². The number of amides is 1. The van der Waals surface area contributed by atoms with Crippen molar-refractivity contribution in [1.82, 2.24) is 5.32 Å². The molecule has 3 fully saturated rings. The third-order valence-corrected chi connectivity index (χ3v) is 6.96. The van der Waals surface area contributed by atoms with E-state index in [1.165, 1.54) is 7.11 Å². The summed E-state index contributed by atoms with van der Waals surface area (Å²) in [4.78, 5) is 25.3. The molecule has 24 heavy (non-hydrogen) atoms. The van der Waals surface area contributed by atoms with Gasteiger partial charge in [-0.25, -0.2) is 4.79 Å². The molecule has 7 atom stereocenters. The van der Waals surface area contributed by atoms with Gasteiger partial charge in [-0.2, -0.15) is 0 Å². The van der Waals surface area contributed by atoms with Gasteiger partial charge < -0.3 is 15.2 Å². The molecule has 3 rings (SSSR count). The first-order valence-electron chi connectivity index (χ1n) is 9.55. The van der Waals surface area contributed by atoms with E-state index in [1.807, 2.05) is 6.92 Å². The van der Waals surface area contributed by atoms with Crippen LogP contribution < -0.4 is 5.32 Å². The number of hydrogen-bond acceptors (Lipinski definition) is 4. The Morgan fingerprint density at radius 3 is 2.50 bits per heavy atom. The smallest absolute Gasteiger partial charge is 0.331 e. The molecule has 5 nitrogen and oxygen atoms in total. The number of esters is 1. The molecule has 0 heterocycles. The standard InChI is InChI=1S/C19H31NO4/c1-4-11-8-14-13(6-7-16(14)21)15(9-11)17(22)20-19(18(23)24-3)10-12(19)5-2/h11-16,21H,4-10H2,1-3H3,(H,20,22)/t11-,12+,13+,14+,15-,16-,19+/m1/s1. The molecule has 0 aliphatic heterocycles. The number of methoxy groups -OCH3 is 1. The summed E-state index contributed by atoms with van der Waals surface area (Å²) in [5.74, 6) is 0.790. The van der Waals surface area contributed by atoms with E-state index >= 15 is 0 Å². The summed E-state index contributed by atoms with van der Waals surface area (Å²) >= 11 is 0. The normalized spacial score (nSPS) is 43.8. The first-order valence-corrected chi connectivity index (χ1v) is 9.55. The molecular weight excluding hydrogens is 306 g/mol. The van der Waals surface area contributed by atoms with Crippen molar-refractivity contribution in [3.63, 3.8) is 0 Å². The highest BCUT2D eigenvalue weighted by Gasteiger charge is 2.62. The van der Waals surface area contributed by atoms with Crippen molar-refractivity contribution < 1.29 is 19.4 Å². The Morgan fingerprint density at radius 2 is 1.92 bits per heavy atom. The molecule has 0 aromatic carbocycles. The largest absolute Gasteiger partial charge is 0.467 e. The number of fused-ring (bicyclic) bond motifs is 1. The maximum absolute atomic E-state index is 13.0. The van der Waals surface area contributed by atoms with Crippen LogP contribution in [0.4, 0.5) is 0 Å². The van der Waals surface area contributed by atoms with Crippen molar-refractivity contribution >= 4 is 11.9 Å². The first-order chi connectivity index (χ1) is 11.5. The maximum atomic E-state index is 13.0. The number of carbonyl (C=O) groups is 2. The number of ether oxygens (including phenoxy) is 1. The van der Waals surface area contributed by atoms with Crippen LogP contribution in [0.1, 0.15) is 58.8 Å². The van der Waals surface area contributed by atoms with Crippen LogP contribution in [0.5, 0.6) is 0 Å². The molecule has 0 aromatic rings. The molecule has 0 radical (unpaired) electrons. The van der Waals surface area contributed by atoms with E-state index in [9.17, 15) is 14.7 Å². The summed E-state index contributed by atoms with van der Waals surface area (Å²) in [6.07, 6.45) is 5.96. The van der Waals surface area contributed by atoms with E-state index in [0.29, 0.717) is 12.3 Å². The molecule has 0 spiro atoms. The van der Waals surface area contributed by atoms with E-state index in [-0.39, 0.29) is 41.7 Å². The zero-order valence-electron chi connectivity index (χ0n) is 15.1. The van der Waals surface area contributed by atoms with Gasteiger partial charge in [0.25, 0.3) is 0 Å². The van der Waals surface area contributed by atoms with E-state index in [1.54, 1.807) is 0 Å². The highest BCUT2D eigenvalue weighted by atomic mass is 16.5. The minimum absolute atomic E-state index is 0.00130. The summed E-state index contributed by atoms with van der Waals surface area (Å²) in [5.41, 5.74) is -0.799. The molecule has 0 bridgehead atoms. The lowest BCUT2D eigenvalue weighted by Crippen LogP contribution is -2.51. The van der Waals surface area contributed by atoms with Gasteiger partial charge in [0.05, 0.1) is 13.2 Å². The Hall–Kier alpha value is -1.10. The number of hydrogen-bond donors (Lipinski definition) is 2. The molecule has 1 amide bonds. The van der Waals surface area contributed by atoms with E-state index < -0.39 is 5.54 Å². The fourth-order valence-corrected chi connectivity index (χ4v) is 5.33. The lowest BCUT2D eigenvalue weighted by Gasteiger charge is -2.39. The molecule has 0 unspecified atom stereocenters. The SMILES string of the molecule is CC[C@@H]1C[C@H]2[C@H](CC[C@H]2O)[C@H](C(=O)N[C@@]2(C(=O)OC)C[C@@H]2CC)C1. The van der Waals surface area contributed by atoms with E-state index in [4.69, 9.17) is 4.74 Å². The van der Waals surface area contributed by atoms with Crippen molar-refractivity contribution in [1.29, 1.82) is 0 Å². The lowest BCUT2D eigenvalue weighted by molar-refractivity contribution is -0.148. The Balaban J connectivity index is 1.74. The van der Waals surface area contributed by atoms with Gasteiger partial charge in [0.1, 0.15) is 5.54 Å². The quantitative estimate of drug-likeness (QED) is 0.755. The Kier molecular flexibility index (Phi) is 4.92. The molecule has 5 heteroatoms. The molecule has 3 aliphatic carbocycles. The van der Waals surface area contributed by atoms with Crippen molar-refractivity contribution in [2.24, 2.45) is 29.6 Å². The van der Waals surface area contributed by atoms with Crippen molar-refractivity contribution in [2.75, 3.05) is 7.11 Å². The maximum Gasteiger partial charge on any atom is 0.331 e. The zero-order chi connectivity index (χ0) is 17.5. The zero-order valence-corrected chi connectivity index (χ0v) is 15.1. The fraction of sp³-hybridized carbons (Fsp3) is 0.895. The molecule has 0 aromatic heterocycles. The second kappa shape index (κ2) is 6.66. The Labute approximate surface area is 144 Å². The summed E-state index contributed by atoms with van der Waals surface area (Å²) in [6.45, 7) is 4.20. The van der Waals surface area contributed by atoms with Crippen molar-refractivity contribution in [3.8, 4) is 0 Å². The second-order valence-corrected chi connectivity index (χ2v) is 8.09. The van der Waals surface area contributed by atoms with Crippen LogP contribution in [0.3, 0.4) is 0 Å². The van der Waals surface area contributed by atoms with Crippen LogP contribution in [-0.2, 0) is 14.3 Å². The number of aliphatic hydroxyl groups is 1. The predicted octanol–water partition coefficient (Wildman–Crippen LogP) is 2.27. The molecular formula is C19H31NO4. The predicted molar refractivity (Wildman–Crippen MR) is 90.0 cm³/mol. The molecule has 3 saturated carbocycles. The summed E-state index contributed by atoms with van der Waals surface area (Å²) < 4.78 is 4.95. The Morgan fingerprint density at radius 1 is 1.17 bits per heavy atom. The third-order valence-electron chi connectivity index (χ3n) is 6.96. The average molecular weight is 337 g/mol. The number of carbonyl (C=O) groups excluding carboxylic acids is 2. The number of nitrogens with one attached hydrogen (secondary N) is 1. The van der Waals surface area contributed by atoms with Crippen LogP contribution in [0, 0.1) is 29.6 Å². The second-order valence-electron chi connectivity index (χ2n) is 8.09. The first kappa shape index (κ1) is 17.7. The van der Waals surface area contributed by atoms with Gasteiger partial charge in [0, 0.05) is 5.92 Å². The third kappa shape index (κ3) is 2.85. The van der Waals surface area contributed by atoms with Gasteiger partial charge in [0.2, 0.25) is 5.91 Å². The fourth-order valence-electron chi connectivity index (χ4n) is 5.33. The number of rotatable bonds is 5. The minimum atomic E-state index is -0.799. The highest BCUT2D eigenvalue weighted by Crippen LogP contribution is 2.50. The van der Waals surface area contributed by atoms with E-state index in [0.717, 1.165) is 38.5 Å². The van der Waals surface area contributed by atoms with Gasteiger partial charge in [-0.1, -0.05) is 26.7 Å². The van der Waals surface area contributed by atoms with Gasteiger partial charge >= 0.3 is 5.97 Å². The van der Waals surface area contributed by atoms with Crippen LogP contribution in [0.25, 0.3) is 0 Å². The monoisotopic (exact) mass is 337 g/mol. The summed E-state index contributed by atoms with van der Waals surface area (Å²) in [7, 11) is 1.39. The van der Waals surface area contributed by atoms with Crippen LogP contribution >= 0.6 is 0 Å². The van der Waals surface area contributed by atoms with Gasteiger partial charge in [-0.05, 0) is 55.8 Å². The van der Waals surface area contributed by atoms with Crippen molar-refractivity contribution in [3.05, 3.63) is 0 Å². The van der Waals surface area contributed by atoms with Gasteiger partial charge in [-0.3, -0.25) is 4.79 Å². The molecule has 3 aliphatic rings. The van der Waals surface area contributed by atoms with Gasteiger partial charge in [-0.15, -0.1) is 0 Å². The van der Waals surface area contributed by atoms with Crippen LogP contribution in [0.15, 0.2) is 0 Å². The summed E-state index contributed by atoms with van der Waals surface area (Å²) in [6, 6.07) is 0. The molecule has 0 saturated heterocycles. The van der Waals surface area contributed by atoms with Crippen LogP contribution in [-0.4, -0.2) is 35.7 Å². The highest BCUT2D eigenvalue weighted by molar-refractivity contribution is 5.92.